The summed E-state index contributed by atoms with van der Waals surface area (Å²) >= 11 is 3.23. The molecule has 2 aromatic rings. The van der Waals surface area contributed by atoms with E-state index in [1.54, 1.807) is 31.2 Å². The van der Waals surface area contributed by atoms with Crippen molar-refractivity contribution in [2.45, 2.75) is 18.4 Å². The second-order valence-corrected chi connectivity index (χ2v) is 7.35. The van der Waals surface area contributed by atoms with Gasteiger partial charge in [-0.2, -0.15) is 0 Å². The Labute approximate surface area is 137 Å². The number of methoxy groups -OCH3 is 1. The van der Waals surface area contributed by atoms with E-state index in [0.29, 0.717) is 15.6 Å². The second-order valence-electron chi connectivity index (χ2n) is 4.70. The second kappa shape index (κ2) is 6.76. The molecule has 1 N–H and O–H groups in total. The molecule has 0 aliphatic carbocycles. The van der Waals surface area contributed by atoms with Gasteiger partial charge >= 0.3 is 0 Å². The van der Waals surface area contributed by atoms with Crippen molar-refractivity contribution < 1.29 is 17.5 Å². The van der Waals surface area contributed by atoms with E-state index in [-0.39, 0.29) is 23.0 Å². The van der Waals surface area contributed by atoms with E-state index in [0.717, 1.165) is 0 Å². The van der Waals surface area contributed by atoms with Gasteiger partial charge in [-0.05, 0) is 42.3 Å². The van der Waals surface area contributed by atoms with Crippen molar-refractivity contribution in [2.24, 2.45) is 0 Å². The summed E-state index contributed by atoms with van der Waals surface area (Å²) in [7, 11) is -2.37. The van der Waals surface area contributed by atoms with E-state index in [1.807, 2.05) is 0 Å². The van der Waals surface area contributed by atoms with Gasteiger partial charge in [0, 0.05) is 11.0 Å². The molecule has 0 aliphatic rings. The molecule has 2 rings (SSSR count). The van der Waals surface area contributed by atoms with Crippen LogP contribution >= 0.6 is 15.9 Å². The standard InChI is InChI=1S/C15H15BrFNO3S/c1-10-3-4-11(7-13(10)17)9-18-22(19,20)15-8-12(16)5-6-14(15)21-2/h3-8,18H,9H2,1-2H3. The lowest BCUT2D eigenvalue weighted by molar-refractivity contribution is 0.402. The number of aryl methyl sites for hydroxylation is 1. The van der Waals surface area contributed by atoms with Gasteiger partial charge < -0.3 is 4.74 Å². The molecule has 0 atom stereocenters. The first-order valence-electron chi connectivity index (χ1n) is 6.42. The van der Waals surface area contributed by atoms with Crippen LogP contribution in [0.4, 0.5) is 4.39 Å². The summed E-state index contributed by atoms with van der Waals surface area (Å²) in [5, 5.41) is 0. The van der Waals surface area contributed by atoms with E-state index < -0.39 is 10.0 Å². The molecule has 0 spiro atoms. The molecule has 0 unspecified atom stereocenters. The van der Waals surface area contributed by atoms with Crippen molar-refractivity contribution in [2.75, 3.05) is 7.11 Å². The van der Waals surface area contributed by atoms with Crippen molar-refractivity contribution in [3.8, 4) is 5.75 Å². The van der Waals surface area contributed by atoms with E-state index >= 15 is 0 Å². The van der Waals surface area contributed by atoms with Crippen molar-refractivity contribution in [3.63, 3.8) is 0 Å². The van der Waals surface area contributed by atoms with Gasteiger partial charge in [-0.1, -0.05) is 28.1 Å². The molecule has 0 aromatic heterocycles. The number of benzene rings is 2. The summed E-state index contributed by atoms with van der Waals surface area (Å²) in [5.74, 6) is -0.123. The highest BCUT2D eigenvalue weighted by Crippen LogP contribution is 2.27. The van der Waals surface area contributed by atoms with Crippen molar-refractivity contribution in [1.82, 2.24) is 4.72 Å². The zero-order chi connectivity index (χ0) is 16.3. The molecular formula is C15H15BrFNO3S. The summed E-state index contributed by atoms with van der Waals surface area (Å²) in [6.07, 6.45) is 0. The zero-order valence-electron chi connectivity index (χ0n) is 12.1. The minimum atomic E-state index is -3.77. The first-order valence-corrected chi connectivity index (χ1v) is 8.69. The molecule has 0 heterocycles. The number of hydrogen-bond acceptors (Lipinski definition) is 3. The molecule has 118 valence electrons. The Bertz CT molecular complexity index is 793. The van der Waals surface area contributed by atoms with Gasteiger partial charge in [-0.3, -0.25) is 0 Å². The van der Waals surface area contributed by atoms with Gasteiger partial charge in [0.1, 0.15) is 16.5 Å². The smallest absolute Gasteiger partial charge is 0.244 e. The third-order valence-corrected chi connectivity index (χ3v) is 5.03. The summed E-state index contributed by atoms with van der Waals surface area (Å²) in [6.45, 7) is 1.64. The zero-order valence-corrected chi connectivity index (χ0v) is 14.5. The van der Waals surface area contributed by atoms with Crippen LogP contribution in [-0.4, -0.2) is 15.5 Å². The van der Waals surface area contributed by atoms with Crippen LogP contribution in [0.25, 0.3) is 0 Å². The maximum absolute atomic E-state index is 13.5. The van der Waals surface area contributed by atoms with Crippen LogP contribution in [0.3, 0.4) is 0 Å². The molecular weight excluding hydrogens is 373 g/mol. The molecule has 7 heteroatoms. The van der Waals surface area contributed by atoms with Crippen molar-refractivity contribution in [1.29, 1.82) is 0 Å². The summed E-state index contributed by atoms with van der Waals surface area (Å²) < 4.78 is 46.4. The Balaban J connectivity index is 2.24. The predicted molar refractivity (Wildman–Crippen MR) is 85.9 cm³/mol. The van der Waals surface area contributed by atoms with Gasteiger partial charge in [0.2, 0.25) is 10.0 Å². The van der Waals surface area contributed by atoms with Gasteiger partial charge in [0.15, 0.2) is 0 Å². The first kappa shape index (κ1) is 16.9. The van der Waals surface area contributed by atoms with E-state index in [1.165, 1.54) is 19.2 Å². The lowest BCUT2D eigenvalue weighted by Crippen LogP contribution is -2.23. The normalized spacial score (nSPS) is 11.5. The molecule has 0 aliphatic heterocycles. The Kier molecular flexibility index (Phi) is 5.20. The number of nitrogens with one attached hydrogen (secondary N) is 1. The number of halogens is 2. The van der Waals surface area contributed by atoms with Gasteiger partial charge in [0.25, 0.3) is 0 Å². The average Bonchev–Trinajstić information content (AvgIpc) is 2.48. The van der Waals surface area contributed by atoms with Crippen LogP contribution in [0.2, 0.25) is 0 Å². The lowest BCUT2D eigenvalue weighted by Gasteiger charge is -2.11. The van der Waals surface area contributed by atoms with Gasteiger partial charge in [-0.25, -0.2) is 17.5 Å². The van der Waals surface area contributed by atoms with Gasteiger partial charge in [0.05, 0.1) is 7.11 Å². The third kappa shape index (κ3) is 3.85. The van der Waals surface area contributed by atoms with E-state index in [2.05, 4.69) is 20.7 Å². The molecule has 0 fully saturated rings. The first-order chi connectivity index (χ1) is 10.3. The van der Waals surface area contributed by atoms with Crippen LogP contribution < -0.4 is 9.46 Å². The largest absolute Gasteiger partial charge is 0.495 e. The Morgan fingerprint density at radius 3 is 2.59 bits per heavy atom. The number of hydrogen-bond donors (Lipinski definition) is 1. The number of ether oxygens (including phenoxy) is 1. The minimum absolute atomic E-state index is 0.00476. The van der Waals surface area contributed by atoms with Crippen LogP contribution in [0, 0.1) is 12.7 Å². The van der Waals surface area contributed by atoms with E-state index in [9.17, 15) is 12.8 Å². The number of rotatable bonds is 5. The molecule has 0 saturated carbocycles. The highest BCUT2D eigenvalue weighted by Gasteiger charge is 2.19. The molecule has 0 radical (unpaired) electrons. The molecule has 4 nitrogen and oxygen atoms in total. The fourth-order valence-electron chi connectivity index (χ4n) is 1.86. The predicted octanol–water partition coefficient (Wildman–Crippen LogP) is 3.38. The summed E-state index contributed by atoms with van der Waals surface area (Å²) in [6, 6.07) is 9.31. The summed E-state index contributed by atoms with van der Waals surface area (Å²) in [5.41, 5.74) is 1.06. The fourth-order valence-corrected chi connectivity index (χ4v) is 3.59. The minimum Gasteiger partial charge on any atom is -0.495 e. The Morgan fingerprint density at radius 1 is 1.23 bits per heavy atom. The molecule has 2 aromatic carbocycles. The highest BCUT2D eigenvalue weighted by molar-refractivity contribution is 9.10. The maximum atomic E-state index is 13.5. The Morgan fingerprint density at radius 2 is 1.95 bits per heavy atom. The number of sulfonamides is 1. The third-order valence-electron chi connectivity index (χ3n) is 3.12. The average molecular weight is 388 g/mol. The van der Waals surface area contributed by atoms with Gasteiger partial charge in [-0.15, -0.1) is 0 Å². The van der Waals surface area contributed by atoms with Crippen molar-refractivity contribution in [3.05, 3.63) is 57.8 Å². The summed E-state index contributed by atoms with van der Waals surface area (Å²) in [4.78, 5) is 0.0250. The highest BCUT2D eigenvalue weighted by atomic mass is 79.9. The molecule has 0 bridgehead atoms. The molecule has 22 heavy (non-hydrogen) atoms. The topological polar surface area (TPSA) is 55.4 Å². The SMILES string of the molecule is COc1ccc(Br)cc1S(=O)(=O)NCc1ccc(C)c(F)c1. The van der Waals surface area contributed by atoms with Crippen LogP contribution in [0.1, 0.15) is 11.1 Å². The van der Waals surface area contributed by atoms with Crippen molar-refractivity contribution >= 4 is 26.0 Å². The quantitative estimate of drug-likeness (QED) is 0.855. The van der Waals surface area contributed by atoms with E-state index in [4.69, 9.17) is 4.74 Å². The molecule has 0 saturated heterocycles. The monoisotopic (exact) mass is 387 g/mol. The maximum Gasteiger partial charge on any atom is 0.244 e. The van der Waals surface area contributed by atoms with Crippen LogP contribution in [0.15, 0.2) is 45.8 Å². The van der Waals surface area contributed by atoms with Crippen LogP contribution in [0.5, 0.6) is 5.75 Å². The fraction of sp³-hybridized carbons (Fsp3) is 0.200. The Hall–Kier alpha value is -1.44. The molecule has 0 amide bonds. The van der Waals surface area contributed by atoms with Crippen LogP contribution in [-0.2, 0) is 16.6 Å². The lowest BCUT2D eigenvalue weighted by atomic mass is 10.1.